The molecule has 116 valence electrons. The van der Waals surface area contributed by atoms with Gasteiger partial charge in [-0.1, -0.05) is 11.6 Å². The highest BCUT2D eigenvalue weighted by molar-refractivity contribution is 6.30. The molecule has 0 unspecified atom stereocenters. The molecule has 6 heteroatoms. The molecule has 0 aliphatic heterocycles. The van der Waals surface area contributed by atoms with E-state index >= 15 is 0 Å². The number of hydrogen-bond donors (Lipinski definition) is 1. The van der Waals surface area contributed by atoms with Crippen LogP contribution in [0.5, 0.6) is 0 Å². The number of nitrogens with zero attached hydrogens (tertiary/aromatic N) is 2. The quantitative estimate of drug-likeness (QED) is 0.923. The Hall–Kier alpha value is -1.88. The third-order valence-electron chi connectivity index (χ3n) is 4.23. The van der Waals surface area contributed by atoms with Crippen molar-refractivity contribution in [1.82, 2.24) is 9.55 Å². The van der Waals surface area contributed by atoms with Crippen molar-refractivity contribution in [3.8, 4) is 11.4 Å². The van der Waals surface area contributed by atoms with Gasteiger partial charge >= 0.3 is 5.97 Å². The Bertz CT molecular complexity index is 673. The highest BCUT2D eigenvalue weighted by atomic mass is 35.5. The number of imidazole rings is 1. The van der Waals surface area contributed by atoms with E-state index in [1.165, 1.54) is 12.1 Å². The van der Waals surface area contributed by atoms with Gasteiger partial charge in [0.25, 0.3) is 0 Å². The minimum Gasteiger partial charge on any atom is -0.481 e. The fourth-order valence-electron chi connectivity index (χ4n) is 3.12. The van der Waals surface area contributed by atoms with Gasteiger partial charge < -0.3 is 9.67 Å². The van der Waals surface area contributed by atoms with Crippen LogP contribution in [0.1, 0.15) is 31.7 Å². The number of carboxylic acid groups (broad SMARTS) is 1. The molecule has 1 aliphatic rings. The van der Waals surface area contributed by atoms with E-state index in [1.807, 2.05) is 10.8 Å². The number of carbonyl (C=O) groups is 1. The molecule has 1 N–H and O–H groups in total. The van der Waals surface area contributed by atoms with Crippen LogP contribution in [0.2, 0.25) is 5.02 Å². The molecule has 1 aromatic heterocycles. The Morgan fingerprint density at radius 1 is 1.27 bits per heavy atom. The lowest BCUT2D eigenvalue weighted by molar-refractivity contribution is -0.143. The van der Waals surface area contributed by atoms with E-state index in [4.69, 9.17) is 16.7 Å². The summed E-state index contributed by atoms with van der Waals surface area (Å²) in [6, 6.07) is 4.55. The van der Waals surface area contributed by atoms with Crippen LogP contribution in [-0.2, 0) is 4.79 Å². The normalized spacial score (nSPS) is 21.7. The summed E-state index contributed by atoms with van der Waals surface area (Å²) in [5.41, 5.74) is 0.635. The molecule has 0 radical (unpaired) electrons. The molecule has 0 saturated heterocycles. The van der Waals surface area contributed by atoms with Crippen molar-refractivity contribution in [2.75, 3.05) is 0 Å². The first-order chi connectivity index (χ1) is 10.5. The first-order valence-corrected chi connectivity index (χ1v) is 7.64. The monoisotopic (exact) mass is 322 g/mol. The largest absolute Gasteiger partial charge is 0.481 e. The molecule has 0 spiro atoms. The van der Waals surface area contributed by atoms with Crippen molar-refractivity contribution < 1.29 is 14.3 Å². The first kappa shape index (κ1) is 15.0. The van der Waals surface area contributed by atoms with Crippen LogP contribution in [0.25, 0.3) is 11.4 Å². The molecule has 1 saturated carbocycles. The molecule has 22 heavy (non-hydrogen) atoms. The molecular weight excluding hydrogens is 307 g/mol. The fourth-order valence-corrected chi connectivity index (χ4v) is 3.34. The van der Waals surface area contributed by atoms with Gasteiger partial charge in [0, 0.05) is 29.0 Å². The SMILES string of the molecule is O=C(O)C1CCC(n2ccnc2-c2cc(F)cc(Cl)c2)CC1. The van der Waals surface area contributed by atoms with Crippen LogP contribution < -0.4 is 0 Å². The zero-order chi connectivity index (χ0) is 15.7. The van der Waals surface area contributed by atoms with Crippen LogP contribution in [0.4, 0.5) is 4.39 Å². The molecule has 1 fully saturated rings. The molecular formula is C16H16ClFN2O2. The van der Waals surface area contributed by atoms with Crippen LogP contribution in [0.15, 0.2) is 30.6 Å². The van der Waals surface area contributed by atoms with E-state index in [0.717, 1.165) is 12.8 Å². The van der Waals surface area contributed by atoms with Gasteiger partial charge in [-0.25, -0.2) is 9.37 Å². The van der Waals surface area contributed by atoms with Crippen molar-refractivity contribution in [3.63, 3.8) is 0 Å². The van der Waals surface area contributed by atoms with Gasteiger partial charge in [-0.05, 0) is 43.9 Å². The van der Waals surface area contributed by atoms with Gasteiger partial charge in [0.05, 0.1) is 5.92 Å². The third-order valence-corrected chi connectivity index (χ3v) is 4.45. The van der Waals surface area contributed by atoms with Gasteiger partial charge in [-0.15, -0.1) is 0 Å². The fraction of sp³-hybridized carbons (Fsp3) is 0.375. The molecule has 0 amide bonds. The topological polar surface area (TPSA) is 55.1 Å². The average molecular weight is 323 g/mol. The molecule has 1 aromatic carbocycles. The van der Waals surface area contributed by atoms with Crippen molar-refractivity contribution in [1.29, 1.82) is 0 Å². The predicted molar refractivity (Wildman–Crippen MR) is 81.3 cm³/mol. The maximum Gasteiger partial charge on any atom is 0.306 e. The summed E-state index contributed by atoms with van der Waals surface area (Å²) in [5, 5.41) is 9.41. The lowest BCUT2D eigenvalue weighted by Gasteiger charge is -2.28. The van der Waals surface area contributed by atoms with Crippen LogP contribution in [0, 0.1) is 11.7 Å². The number of carboxylic acids is 1. The summed E-state index contributed by atoms with van der Waals surface area (Å²) in [7, 11) is 0. The summed E-state index contributed by atoms with van der Waals surface area (Å²) in [6.45, 7) is 0. The molecule has 0 bridgehead atoms. The van der Waals surface area contributed by atoms with Gasteiger partial charge in [0.15, 0.2) is 0 Å². The van der Waals surface area contributed by atoms with Gasteiger partial charge in [0.1, 0.15) is 11.6 Å². The van der Waals surface area contributed by atoms with E-state index in [2.05, 4.69) is 4.98 Å². The summed E-state index contributed by atoms with van der Waals surface area (Å²) >= 11 is 5.92. The molecule has 1 aliphatic carbocycles. The minimum absolute atomic E-state index is 0.190. The van der Waals surface area contributed by atoms with E-state index in [1.54, 1.807) is 12.3 Å². The second kappa shape index (κ2) is 6.08. The highest BCUT2D eigenvalue weighted by Crippen LogP contribution is 2.35. The van der Waals surface area contributed by atoms with Crippen molar-refractivity contribution in [3.05, 3.63) is 41.4 Å². The Morgan fingerprint density at radius 3 is 2.64 bits per heavy atom. The highest BCUT2D eigenvalue weighted by Gasteiger charge is 2.27. The summed E-state index contributed by atoms with van der Waals surface area (Å²) < 4.78 is 15.6. The summed E-state index contributed by atoms with van der Waals surface area (Å²) in [5.74, 6) is -0.708. The van der Waals surface area contributed by atoms with Crippen LogP contribution in [0.3, 0.4) is 0 Å². The maximum absolute atomic E-state index is 13.5. The van der Waals surface area contributed by atoms with Crippen LogP contribution in [-0.4, -0.2) is 20.6 Å². The van der Waals surface area contributed by atoms with E-state index in [-0.39, 0.29) is 12.0 Å². The predicted octanol–water partition coefficient (Wildman–Crippen LogP) is 4.16. The maximum atomic E-state index is 13.5. The number of rotatable bonds is 3. The van der Waals surface area contributed by atoms with E-state index in [9.17, 15) is 9.18 Å². The molecule has 4 nitrogen and oxygen atoms in total. The molecule has 2 aromatic rings. The third kappa shape index (κ3) is 2.99. The zero-order valence-corrected chi connectivity index (χ0v) is 12.6. The number of aromatic nitrogens is 2. The second-order valence-electron chi connectivity index (χ2n) is 5.66. The number of hydrogen-bond acceptors (Lipinski definition) is 2. The summed E-state index contributed by atoms with van der Waals surface area (Å²) in [4.78, 5) is 15.4. The Labute approximate surface area is 132 Å². The second-order valence-corrected chi connectivity index (χ2v) is 6.10. The van der Waals surface area contributed by atoms with Crippen molar-refractivity contribution in [2.45, 2.75) is 31.7 Å². The lowest BCUT2D eigenvalue weighted by Crippen LogP contribution is -2.23. The number of benzene rings is 1. The molecule has 1 heterocycles. The van der Waals surface area contributed by atoms with Gasteiger partial charge in [-0.2, -0.15) is 0 Å². The smallest absolute Gasteiger partial charge is 0.306 e. The summed E-state index contributed by atoms with van der Waals surface area (Å²) in [6.07, 6.45) is 6.41. The van der Waals surface area contributed by atoms with Crippen molar-refractivity contribution in [2.24, 2.45) is 5.92 Å². The minimum atomic E-state index is -0.721. The van der Waals surface area contributed by atoms with Gasteiger partial charge in [0.2, 0.25) is 0 Å². The lowest BCUT2D eigenvalue weighted by atomic mass is 9.86. The standard InChI is InChI=1S/C16H16ClFN2O2/c17-12-7-11(8-13(18)9-12)15-19-5-6-20(15)14-3-1-10(2-4-14)16(21)22/h5-10,14H,1-4H2,(H,21,22). The molecule has 3 rings (SSSR count). The zero-order valence-electron chi connectivity index (χ0n) is 11.9. The number of halogens is 2. The van der Waals surface area contributed by atoms with Crippen LogP contribution >= 0.6 is 11.6 Å². The molecule has 0 atom stereocenters. The Balaban J connectivity index is 1.85. The van der Waals surface area contributed by atoms with E-state index in [0.29, 0.717) is 29.3 Å². The Morgan fingerprint density at radius 2 is 2.00 bits per heavy atom. The van der Waals surface area contributed by atoms with Gasteiger partial charge in [-0.3, -0.25) is 4.79 Å². The Kier molecular flexibility index (Phi) is 4.16. The number of aliphatic carboxylic acids is 1. The average Bonchev–Trinajstić information content (AvgIpc) is 2.95. The van der Waals surface area contributed by atoms with E-state index < -0.39 is 11.8 Å². The van der Waals surface area contributed by atoms with Crippen molar-refractivity contribution >= 4 is 17.6 Å². The first-order valence-electron chi connectivity index (χ1n) is 7.26.